The van der Waals surface area contributed by atoms with Crippen molar-refractivity contribution in [2.24, 2.45) is 28.7 Å². The highest BCUT2D eigenvalue weighted by Gasteiger charge is 2.30. The van der Waals surface area contributed by atoms with Gasteiger partial charge in [0, 0.05) is 39.8 Å². The van der Waals surface area contributed by atoms with E-state index in [1.54, 1.807) is 18.3 Å². The van der Waals surface area contributed by atoms with Crippen LogP contribution in [0.1, 0.15) is 129 Å². The number of carboxylic acid groups (broad SMARTS) is 1. The monoisotopic (exact) mass is 1310 g/mol. The van der Waals surface area contributed by atoms with E-state index in [2.05, 4.69) is 47.5 Å². The van der Waals surface area contributed by atoms with Gasteiger partial charge >= 0.3 is 5.97 Å². The molecule has 1 aromatic heterocycles. The number of carbonyl (C=O) groups excluding carboxylic acids is 9. The lowest BCUT2D eigenvalue weighted by Crippen LogP contribution is -2.44. The summed E-state index contributed by atoms with van der Waals surface area (Å²) in [6.45, 7) is 0.336. The highest BCUT2D eigenvalue weighted by Crippen LogP contribution is 2.29. The fourth-order valence-electron chi connectivity index (χ4n) is 10.1. The fourth-order valence-corrected chi connectivity index (χ4v) is 10.1. The number of hydrogen-bond donors (Lipinski definition) is 15. The largest absolute Gasteiger partial charge is 0.496 e. The van der Waals surface area contributed by atoms with E-state index in [0.717, 1.165) is 5.52 Å². The average Bonchev–Trinajstić information content (AvgIpc) is 1.84. The molecule has 0 aliphatic rings. The number of rotatable bonds is 39. The van der Waals surface area contributed by atoms with Crippen LogP contribution in [0.4, 0.5) is 22.7 Å². The number of aromatic amines is 1. The smallest absolute Gasteiger partial charge is 0.341 e. The van der Waals surface area contributed by atoms with Gasteiger partial charge in [-0.2, -0.15) is 0 Å². The van der Waals surface area contributed by atoms with Crippen LogP contribution in [0.3, 0.4) is 0 Å². The summed E-state index contributed by atoms with van der Waals surface area (Å²) in [7, 11) is 4.00. The first-order chi connectivity index (χ1) is 45.7. The number of aromatic nitrogens is 1. The molecule has 0 saturated heterocycles. The highest BCUT2D eigenvalue weighted by molar-refractivity contribution is 6.10. The van der Waals surface area contributed by atoms with Crippen molar-refractivity contribution in [1.82, 2.24) is 26.3 Å². The molecular formula is C66H84N14O15. The predicted molar refractivity (Wildman–Crippen MR) is 357 cm³/mol. The molecule has 0 unspecified atom stereocenters. The maximum absolute atomic E-state index is 14.4. The molecule has 20 N–H and O–H groups in total. The Morgan fingerprint density at radius 2 is 0.737 bits per heavy atom. The second kappa shape index (κ2) is 37.2. The summed E-state index contributed by atoms with van der Waals surface area (Å²) >= 11 is 0. The Labute approximate surface area is 548 Å². The van der Waals surface area contributed by atoms with E-state index in [0.29, 0.717) is 75.4 Å². The molecule has 1 heterocycles. The topological polar surface area (TPSA) is 470 Å². The number of aliphatic carboxylic acids is 1. The molecule has 4 atom stereocenters. The molecule has 0 aliphatic carbocycles. The number of anilines is 4. The zero-order valence-electron chi connectivity index (χ0n) is 53.2. The predicted octanol–water partition coefficient (Wildman–Crippen LogP) is 4.22. The number of unbranched alkanes of at least 4 members (excludes halogenated alkanes) is 4. The SMILES string of the molecule is COc1ccc(NC(=O)[C@H](CCCCN)NC(=O)c2cc(NC(=O)[C@H](CCCCN)NC(=O)c3cc(NC(=O)[C@H](CCCCN)NC(=O)c4cc(NC(=O)[C@H](CCCCN)NC(=O)c5c[nH]c6ccccc56)ccc4OC)ccc3OC)ccc2OCC(=O)O)cc1C(N)=O. The number of carboxylic acids is 1. The molecule has 0 saturated carbocycles. The van der Waals surface area contributed by atoms with Crippen LogP contribution in [0.2, 0.25) is 0 Å². The van der Waals surface area contributed by atoms with Crippen LogP contribution in [0.15, 0.2) is 103 Å². The summed E-state index contributed by atoms with van der Waals surface area (Å²) in [5, 5.41) is 32.2. The summed E-state index contributed by atoms with van der Waals surface area (Å²) < 4.78 is 21.8. The lowest BCUT2D eigenvalue weighted by Gasteiger charge is -2.22. The van der Waals surface area contributed by atoms with Crippen LogP contribution >= 0.6 is 0 Å². The van der Waals surface area contributed by atoms with Gasteiger partial charge in [-0.15, -0.1) is 0 Å². The molecule has 29 heteroatoms. The first-order valence-corrected chi connectivity index (χ1v) is 30.9. The molecule has 29 nitrogen and oxygen atoms in total. The number of H-pyrrole nitrogens is 1. The van der Waals surface area contributed by atoms with E-state index >= 15 is 0 Å². The van der Waals surface area contributed by atoms with Crippen molar-refractivity contribution in [2.75, 3.05) is 75.4 Å². The van der Waals surface area contributed by atoms with Gasteiger partial charge in [-0.25, -0.2) is 4.79 Å². The van der Waals surface area contributed by atoms with Crippen LogP contribution in [0.25, 0.3) is 10.9 Å². The Morgan fingerprint density at radius 3 is 1.07 bits per heavy atom. The number of fused-ring (bicyclic) bond motifs is 1. The lowest BCUT2D eigenvalue weighted by atomic mass is 10.0. The highest BCUT2D eigenvalue weighted by atomic mass is 16.5. The average molecular weight is 1310 g/mol. The number of methoxy groups -OCH3 is 3. The van der Waals surface area contributed by atoms with Gasteiger partial charge in [-0.05, 0) is 182 Å². The Kier molecular flexibility index (Phi) is 28.7. The first kappa shape index (κ1) is 73.4. The van der Waals surface area contributed by atoms with Gasteiger partial charge in [0.2, 0.25) is 23.6 Å². The number of nitrogens with two attached hydrogens (primary N) is 5. The Balaban J connectivity index is 1.19. The van der Waals surface area contributed by atoms with Crippen LogP contribution in [-0.2, 0) is 24.0 Å². The van der Waals surface area contributed by atoms with Gasteiger partial charge in [-0.3, -0.25) is 43.2 Å². The summed E-state index contributed by atoms with van der Waals surface area (Å²) in [6.07, 6.45) is 5.79. The van der Waals surface area contributed by atoms with Gasteiger partial charge in [0.1, 0.15) is 47.2 Å². The number of amides is 9. The van der Waals surface area contributed by atoms with Gasteiger partial charge in [0.15, 0.2) is 6.61 Å². The summed E-state index contributed by atoms with van der Waals surface area (Å²) in [5.74, 6) is -7.72. The van der Waals surface area contributed by atoms with Crippen molar-refractivity contribution in [3.05, 3.63) is 131 Å². The third-order valence-corrected chi connectivity index (χ3v) is 15.1. The third kappa shape index (κ3) is 21.5. The van der Waals surface area contributed by atoms with Gasteiger partial charge in [-0.1, -0.05) is 18.2 Å². The van der Waals surface area contributed by atoms with Crippen molar-refractivity contribution < 1.29 is 72.0 Å². The number of ether oxygens (including phenoxy) is 4. The Morgan fingerprint density at radius 1 is 0.421 bits per heavy atom. The minimum absolute atomic E-state index is 0.00130. The molecule has 0 radical (unpaired) electrons. The molecule has 508 valence electrons. The second-order valence-electron chi connectivity index (χ2n) is 21.9. The number of carbonyl (C=O) groups is 10. The van der Waals surface area contributed by atoms with Gasteiger partial charge in [0.25, 0.3) is 29.5 Å². The molecule has 5 aromatic carbocycles. The first-order valence-electron chi connectivity index (χ1n) is 30.9. The molecule has 6 rings (SSSR count). The number of hydrogen-bond acceptors (Lipinski definition) is 18. The number of nitrogens with one attached hydrogen (secondary N) is 9. The quantitative estimate of drug-likeness (QED) is 0.0240. The lowest BCUT2D eigenvalue weighted by molar-refractivity contribution is -0.139. The van der Waals surface area contributed by atoms with Crippen molar-refractivity contribution >= 4 is 92.8 Å². The third-order valence-electron chi connectivity index (χ3n) is 15.1. The summed E-state index contributed by atoms with van der Waals surface area (Å²) in [6, 6.07) is 19.1. The van der Waals surface area contributed by atoms with E-state index in [-0.39, 0.29) is 107 Å². The van der Waals surface area contributed by atoms with Crippen LogP contribution in [0.5, 0.6) is 23.0 Å². The zero-order valence-corrected chi connectivity index (χ0v) is 53.2. The van der Waals surface area contributed by atoms with E-state index in [9.17, 15) is 53.1 Å². The molecule has 0 aliphatic heterocycles. The van der Waals surface area contributed by atoms with Crippen LogP contribution < -0.4 is 90.2 Å². The normalized spacial score (nSPS) is 12.2. The minimum Gasteiger partial charge on any atom is -0.496 e. The van der Waals surface area contributed by atoms with E-state index < -0.39 is 89.9 Å². The van der Waals surface area contributed by atoms with Crippen molar-refractivity contribution in [3.8, 4) is 23.0 Å². The maximum Gasteiger partial charge on any atom is 0.341 e. The zero-order chi connectivity index (χ0) is 69.0. The van der Waals surface area contributed by atoms with E-state index in [4.69, 9.17) is 47.6 Å². The van der Waals surface area contributed by atoms with Crippen LogP contribution in [0, 0.1) is 0 Å². The van der Waals surface area contributed by atoms with Crippen molar-refractivity contribution in [3.63, 3.8) is 0 Å². The maximum atomic E-state index is 14.4. The van der Waals surface area contributed by atoms with Crippen molar-refractivity contribution in [1.29, 1.82) is 0 Å². The fraction of sp³-hybridized carbons (Fsp3) is 0.364. The van der Waals surface area contributed by atoms with E-state index in [1.165, 1.54) is 94.1 Å². The second-order valence-corrected chi connectivity index (χ2v) is 21.9. The Bertz CT molecular complexity index is 3690. The minimum atomic E-state index is -1.37. The number of para-hydroxylation sites is 1. The molecule has 95 heavy (non-hydrogen) atoms. The molecule has 0 bridgehead atoms. The molecule has 9 amide bonds. The molecule has 6 aromatic rings. The number of benzene rings is 5. The van der Waals surface area contributed by atoms with Crippen molar-refractivity contribution in [2.45, 2.75) is 101 Å². The van der Waals surface area contributed by atoms with Gasteiger partial charge in [0.05, 0.1) is 49.1 Å². The molecule has 0 spiro atoms. The van der Waals surface area contributed by atoms with Gasteiger partial charge < -0.3 is 100 Å². The Hall–Kier alpha value is -10.6. The molecule has 0 fully saturated rings. The number of primary amides is 1. The summed E-state index contributed by atoms with van der Waals surface area (Å²) in [5.41, 5.74) is 29.8. The summed E-state index contributed by atoms with van der Waals surface area (Å²) in [4.78, 5) is 140. The van der Waals surface area contributed by atoms with Crippen LogP contribution in [-0.4, -0.2) is 148 Å². The molecular weight excluding hydrogens is 1230 g/mol. The van der Waals surface area contributed by atoms with E-state index in [1.807, 2.05) is 12.1 Å². The standard InChI is InChI=1S/C66H84N14O15/c1-92-53-24-20-38(32-43(53)58(71)83)73-63(88)51(18-8-12-30-69)79-61(86)46-35-41(23-27-56(46)95-37-57(81)82)76-65(90)50(17-7-11-29-68)78-60(85)44-33-39(21-25-54(44)93-2)74-64(89)49(16-6-10-28-67)77-59(84)45-34-40(22-26-55(45)94-3)75-66(91)52(19-9-13-31-70)80-62(87)47-36-72-48-15-5-4-14-42(47)48/h4-5,14-15,20-27,32-36,49-52,72H,6-13,16-19,28-31,37,67-70H2,1-3H3,(H2,71,83)(H,73,88)(H,74,89)(H,75,91)(H,76,90)(H,77,84)(H,78,85)(H,79,86)(H,80,87)(H,81,82)/t49-,50-,51-,52-/m0/s1.